The second-order valence-electron chi connectivity index (χ2n) is 13.0. The minimum absolute atomic E-state index is 0.0768. The molecule has 0 aliphatic carbocycles. The van der Waals surface area contributed by atoms with E-state index in [9.17, 15) is 24.9 Å². The van der Waals surface area contributed by atoms with Crippen molar-refractivity contribution in [3.8, 4) is 0 Å². The molecule has 0 aromatic heterocycles. The van der Waals surface area contributed by atoms with Gasteiger partial charge >= 0.3 is 0 Å². The summed E-state index contributed by atoms with van der Waals surface area (Å²) in [5.41, 5.74) is 2.11. The number of carbonyl (C=O) groups is 2. The minimum Gasteiger partial charge on any atom is -0.389 e. The number of amides is 2. The third kappa shape index (κ3) is 6.48. The molecule has 1 unspecified atom stereocenters. The first-order chi connectivity index (χ1) is 22.4. The number of nitrogens with one attached hydrogen (secondary N) is 2. The first-order valence-corrected chi connectivity index (χ1v) is 16.7. The van der Waals surface area contributed by atoms with Gasteiger partial charge in [-0.2, -0.15) is 0 Å². The lowest BCUT2D eigenvalue weighted by Crippen LogP contribution is -2.57. The van der Waals surface area contributed by atoms with Crippen molar-refractivity contribution in [1.82, 2.24) is 20.4 Å². The van der Waals surface area contributed by atoms with Crippen molar-refractivity contribution in [2.45, 2.75) is 68.0 Å². The number of likely N-dealkylation sites (tertiary alicyclic amines) is 2. The zero-order valence-corrected chi connectivity index (χ0v) is 26.2. The molecule has 9 heteroatoms. The van der Waals surface area contributed by atoms with Crippen LogP contribution in [0.1, 0.15) is 48.8 Å². The third-order valence-electron chi connectivity index (χ3n) is 10.2. The number of carbonyl (C=O) groups excluding carboxylic acids is 2. The summed E-state index contributed by atoms with van der Waals surface area (Å²) in [6.45, 7) is 2.72. The summed E-state index contributed by atoms with van der Waals surface area (Å²) in [7, 11) is 0. The number of hydrogen-bond acceptors (Lipinski definition) is 7. The summed E-state index contributed by atoms with van der Waals surface area (Å²) in [5, 5.41) is 40.6. The molecule has 6 rings (SSSR count). The van der Waals surface area contributed by atoms with Crippen LogP contribution >= 0.6 is 0 Å². The molecule has 3 aromatic carbocycles. The maximum absolute atomic E-state index is 14.2. The van der Waals surface area contributed by atoms with Gasteiger partial charge in [0, 0.05) is 31.5 Å². The second kappa shape index (κ2) is 14.4. The maximum Gasteiger partial charge on any atom is 0.243 e. The SMILES string of the molecule is O=C(NC[C@H]1CCCNC1)[C@H]1CCCN1C(=O)[C@@H]1[C@@H](O)[C@@H](O)CN1C(O)CC(c1ccccc1)(c1ccccc1)c1ccccc1. The van der Waals surface area contributed by atoms with Crippen molar-refractivity contribution < 1.29 is 24.9 Å². The van der Waals surface area contributed by atoms with Gasteiger partial charge in [-0.3, -0.25) is 14.5 Å². The van der Waals surface area contributed by atoms with E-state index in [-0.39, 0.29) is 18.9 Å². The fourth-order valence-corrected chi connectivity index (χ4v) is 7.79. The molecular formula is C37H46N4O5. The highest BCUT2D eigenvalue weighted by atomic mass is 16.3. The molecule has 244 valence electrons. The topological polar surface area (TPSA) is 125 Å². The van der Waals surface area contributed by atoms with Crippen LogP contribution < -0.4 is 10.6 Å². The van der Waals surface area contributed by atoms with Gasteiger partial charge < -0.3 is 30.9 Å². The van der Waals surface area contributed by atoms with Crippen molar-refractivity contribution in [3.63, 3.8) is 0 Å². The van der Waals surface area contributed by atoms with Crippen LogP contribution in [-0.2, 0) is 15.0 Å². The van der Waals surface area contributed by atoms with Gasteiger partial charge in [0.05, 0.1) is 6.10 Å². The molecule has 0 radical (unpaired) electrons. The summed E-state index contributed by atoms with van der Waals surface area (Å²) in [6, 6.07) is 28.1. The molecule has 2 amide bonds. The number of piperidine rings is 1. The second-order valence-corrected chi connectivity index (χ2v) is 13.0. The average molecular weight is 627 g/mol. The molecule has 6 atom stereocenters. The van der Waals surface area contributed by atoms with Crippen molar-refractivity contribution in [1.29, 1.82) is 0 Å². The highest BCUT2D eigenvalue weighted by molar-refractivity contribution is 5.91. The zero-order valence-electron chi connectivity index (χ0n) is 26.2. The largest absolute Gasteiger partial charge is 0.389 e. The Labute approximate surface area is 271 Å². The van der Waals surface area contributed by atoms with E-state index in [0.717, 1.165) is 42.6 Å². The number of benzene rings is 3. The molecule has 46 heavy (non-hydrogen) atoms. The molecule has 0 saturated carbocycles. The fourth-order valence-electron chi connectivity index (χ4n) is 7.79. The Balaban J connectivity index is 1.28. The van der Waals surface area contributed by atoms with E-state index >= 15 is 0 Å². The molecule has 9 nitrogen and oxygen atoms in total. The Morgan fingerprint density at radius 1 is 0.870 bits per heavy atom. The Morgan fingerprint density at radius 2 is 1.46 bits per heavy atom. The maximum atomic E-state index is 14.2. The van der Waals surface area contributed by atoms with Gasteiger partial charge in [-0.15, -0.1) is 0 Å². The van der Waals surface area contributed by atoms with E-state index in [2.05, 4.69) is 10.6 Å². The summed E-state index contributed by atoms with van der Waals surface area (Å²) >= 11 is 0. The van der Waals surface area contributed by atoms with Gasteiger partial charge in [0.2, 0.25) is 11.8 Å². The van der Waals surface area contributed by atoms with Gasteiger partial charge in [0.25, 0.3) is 0 Å². The Bertz CT molecular complexity index is 1340. The highest BCUT2D eigenvalue weighted by Crippen LogP contribution is 2.44. The molecule has 3 saturated heterocycles. The van der Waals surface area contributed by atoms with Gasteiger partial charge in [-0.05, 0) is 61.4 Å². The van der Waals surface area contributed by atoms with Crippen LogP contribution in [0.15, 0.2) is 91.0 Å². The van der Waals surface area contributed by atoms with Crippen molar-refractivity contribution >= 4 is 11.8 Å². The number of aliphatic hydroxyl groups excluding tert-OH is 3. The van der Waals surface area contributed by atoms with Crippen molar-refractivity contribution in [2.24, 2.45) is 5.92 Å². The number of rotatable bonds is 10. The highest BCUT2D eigenvalue weighted by Gasteiger charge is 2.52. The van der Waals surface area contributed by atoms with Crippen LogP contribution in [0.4, 0.5) is 0 Å². The van der Waals surface area contributed by atoms with E-state index in [1.54, 1.807) is 4.90 Å². The normalized spacial score (nSPS) is 26.2. The summed E-state index contributed by atoms with van der Waals surface area (Å²) in [6.07, 6.45) is -0.348. The predicted molar refractivity (Wildman–Crippen MR) is 176 cm³/mol. The number of aliphatic hydroxyl groups is 3. The van der Waals surface area contributed by atoms with E-state index in [0.29, 0.717) is 31.8 Å². The van der Waals surface area contributed by atoms with Crippen LogP contribution in [0.25, 0.3) is 0 Å². The van der Waals surface area contributed by atoms with E-state index < -0.39 is 41.8 Å². The molecule has 3 aliphatic rings. The van der Waals surface area contributed by atoms with E-state index in [4.69, 9.17) is 0 Å². The first-order valence-electron chi connectivity index (χ1n) is 16.7. The Kier molecular flexibility index (Phi) is 10.2. The van der Waals surface area contributed by atoms with Gasteiger partial charge in [0.1, 0.15) is 24.4 Å². The van der Waals surface area contributed by atoms with Gasteiger partial charge in [-0.25, -0.2) is 0 Å². The third-order valence-corrected chi connectivity index (χ3v) is 10.2. The number of hydrogen-bond donors (Lipinski definition) is 5. The molecule has 3 aliphatic heterocycles. The average Bonchev–Trinajstić information content (AvgIpc) is 3.72. The summed E-state index contributed by atoms with van der Waals surface area (Å²) in [5.74, 6) is -0.266. The number of β-amino-alcohol motifs (C(OH)–C–C–N with tert-alkyl or cyclic N) is 1. The van der Waals surface area contributed by atoms with Crippen LogP contribution in [0.5, 0.6) is 0 Å². The lowest BCUT2D eigenvalue weighted by molar-refractivity contribution is -0.148. The molecule has 5 N–H and O–H groups in total. The van der Waals surface area contributed by atoms with Crippen LogP contribution in [0.2, 0.25) is 0 Å². The molecule has 0 bridgehead atoms. The quantitative estimate of drug-likeness (QED) is 0.219. The zero-order chi connectivity index (χ0) is 32.1. The lowest BCUT2D eigenvalue weighted by atomic mass is 9.67. The monoisotopic (exact) mass is 626 g/mol. The van der Waals surface area contributed by atoms with Gasteiger partial charge in [0.15, 0.2) is 0 Å². The minimum atomic E-state index is -1.40. The molecule has 3 heterocycles. The number of nitrogens with zero attached hydrogens (tertiary/aromatic N) is 2. The summed E-state index contributed by atoms with van der Waals surface area (Å²) in [4.78, 5) is 30.6. The smallest absolute Gasteiger partial charge is 0.243 e. The molecular weight excluding hydrogens is 580 g/mol. The fraction of sp³-hybridized carbons (Fsp3) is 0.459. The van der Waals surface area contributed by atoms with E-state index in [1.165, 1.54) is 4.90 Å². The van der Waals surface area contributed by atoms with E-state index in [1.807, 2.05) is 91.0 Å². The first kappa shape index (κ1) is 32.3. The molecule has 3 aromatic rings. The van der Waals surface area contributed by atoms with Crippen molar-refractivity contribution in [3.05, 3.63) is 108 Å². The summed E-state index contributed by atoms with van der Waals surface area (Å²) < 4.78 is 0. The van der Waals surface area contributed by atoms with Crippen LogP contribution in [-0.4, -0.2) is 100 Å². The molecule has 3 fully saturated rings. The Morgan fingerprint density at radius 3 is 2.00 bits per heavy atom. The molecule has 0 spiro atoms. The standard InChI is InChI=1S/C37H46N4O5/c42-31-25-41(33(34(31)44)36(46)40-21-11-19-30(40)35(45)39-24-26-12-10-20-38-23-26)32(43)22-37(27-13-4-1-5-14-27,28-15-6-2-7-16-28)29-17-8-3-9-18-29/h1-9,13-18,26,30-34,38,42-44H,10-12,19-25H2,(H,39,45)/t26-,30+,31-,32?,33-,34-/m0/s1. The van der Waals surface area contributed by atoms with Crippen molar-refractivity contribution in [2.75, 3.05) is 32.7 Å². The predicted octanol–water partition coefficient (Wildman–Crippen LogP) is 2.24. The van der Waals surface area contributed by atoms with Crippen LogP contribution in [0, 0.1) is 5.92 Å². The van der Waals surface area contributed by atoms with Gasteiger partial charge in [-0.1, -0.05) is 91.0 Å². The van der Waals surface area contributed by atoms with Crippen LogP contribution in [0.3, 0.4) is 0 Å². The Hall–Kier alpha value is -3.60. The lowest BCUT2D eigenvalue weighted by Gasteiger charge is -2.41.